The Labute approximate surface area is 167 Å². The molecule has 1 saturated heterocycles. The summed E-state index contributed by atoms with van der Waals surface area (Å²) in [7, 11) is 3.49. The molecule has 0 radical (unpaired) electrons. The number of likely N-dealkylation sites (tertiary alicyclic amines) is 1. The molecule has 7 nitrogen and oxygen atoms in total. The number of nitrogens with zero attached hydrogens (tertiary/aromatic N) is 5. The average molecular weight is 395 g/mol. The minimum absolute atomic E-state index is 0.00577. The van der Waals surface area contributed by atoms with E-state index in [0.717, 1.165) is 30.0 Å². The molecule has 2 amide bonds. The molecule has 1 aromatic carbocycles. The average Bonchev–Trinajstić information content (AvgIpc) is 3.47. The summed E-state index contributed by atoms with van der Waals surface area (Å²) >= 11 is 1.48. The van der Waals surface area contributed by atoms with Gasteiger partial charge in [-0.2, -0.15) is 0 Å². The van der Waals surface area contributed by atoms with Crippen LogP contribution in [0.15, 0.2) is 49.1 Å². The SMILES string of the molecule is CN(C)C(=O)c1ccc([C@H]2CCCN2C(=O)c2cccc(-n3cnnc3)c2)s1. The van der Waals surface area contributed by atoms with E-state index in [9.17, 15) is 9.59 Å². The van der Waals surface area contributed by atoms with E-state index in [1.54, 1.807) is 36.2 Å². The van der Waals surface area contributed by atoms with Gasteiger partial charge in [0.2, 0.25) is 0 Å². The first-order valence-corrected chi connectivity index (χ1v) is 9.93. The summed E-state index contributed by atoms with van der Waals surface area (Å²) in [4.78, 5) is 30.7. The van der Waals surface area contributed by atoms with Crippen LogP contribution in [0.4, 0.5) is 0 Å². The maximum atomic E-state index is 13.2. The van der Waals surface area contributed by atoms with Crippen molar-refractivity contribution < 1.29 is 9.59 Å². The molecule has 2 aromatic heterocycles. The smallest absolute Gasteiger partial charge is 0.263 e. The lowest BCUT2D eigenvalue weighted by atomic mass is 10.1. The summed E-state index contributed by atoms with van der Waals surface area (Å²) < 4.78 is 1.77. The fraction of sp³-hybridized carbons (Fsp3) is 0.300. The molecule has 28 heavy (non-hydrogen) atoms. The fourth-order valence-electron chi connectivity index (χ4n) is 3.47. The van der Waals surface area contributed by atoms with Gasteiger partial charge in [-0.25, -0.2) is 0 Å². The maximum absolute atomic E-state index is 13.2. The number of hydrogen-bond donors (Lipinski definition) is 0. The zero-order valence-electron chi connectivity index (χ0n) is 15.8. The van der Waals surface area contributed by atoms with Gasteiger partial charge in [-0.05, 0) is 43.2 Å². The summed E-state index contributed by atoms with van der Waals surface area (Å²) in [5, 5.41) is 7.64. The zero-order valence-corrected chi connectivity index (χ0v) is 16.6. The van der Waals surface area contributed by atoms with Crippen LogP contribution in [0.5, 0.6) is 0 Å². The number of thiophene rings is 1. The van der Waals surface area contributed by atoms with Crippen LogP contribution in [0.2, 0.25) is 0 Å². The second kappa shape index (κ2) is 7.55. The molecule has 3 aromatic rings. The van der Waals surface area contributed by atoms with Gasteiger partial charge in [0.1, 0.15) is 12.7 Å². The minimum Gasteiger partial charge on any atom is -0.344 e. The molecule has 1 aliphatic rings. The fourth-order valence-corrected chi connectivity index (χ4v) is 4.65. The summed E-state index contributed by atoms with van der Waals surface area (Å²) in [5.74, 6) is 0.0000711. The normalized spacial score (nSPS) is 16.4. The van der Waals surface area contributed by atoms with Crippen LogP contribution in [0.1, 0.15) is 43.8 Å². The lowest BCUT2D eigenvalue weighted by molar-refractivity contribution is 0.0737. The van der Waals surface area contributed by atoms with E-state index in [1.165, 1.54) is 11.3 Å². The third kappa shape index (κ3) is 3.43. The molecule has 0 saturated carbocycles. The van der Waals surface area contributed by atoms with Gasteiger partial charge in [0.15, 0.2) is 0 Å². The van der Waals surface area contributed by atoms with Crippen molar-refractivity contribution in [2.45, 2.75) is 18.9 Å². The molecule has 1 aliphatic heterocycles. The lowest BCUT2D eigenvalue weighted by Gasteiger charge is -2.24. The molecule has 0 aliphatic carbocycles. The number of carbonyl (C=O) groups excluding carboxylic acids is 2. The largest absolute Gasteiger partial charge is 0.344 e. The number of hydrogen-bond acceptors (Lipinski definition) is 5. The highest BCUT2D eigenvalue weighted by Crippen LogP contribution is 2.37. The molecule has 0 spiro atoms. The summed E-state index contributed by atoms with van der Waals surface area (Å²) in [6.07, 6.45) is 5.08. The number of aromatic nitrogens is 3. The van der Waals surface area contributed by atoms with E-state index in [1.807, 2.05) is 41.3 Å². The molecule has 1 fully saturated rings. The Morgan fingerprint density at radius 2 is 1.93 bits per heavy atom. The van der Waals surface area contributed by atoms with Gasteiger partial charge in [-0.15, -0.1) is 21.5 Å². The number of carbonyl (C=O) groups is 2. The molecule has 144 valence electrons. The van der Waals surface area contributed by atoms with Crippen LogP contribution in [0.25, 0.3) is 5.69 Å². The van der Waals surface area contributed by atoms with Gasteiger partial charge < -0.3 is 9.80 Å². The molecular weight excluding hydrogens is 374 g/mol. The predicted molar refractivity (Wildman–Crippen MR) is 107 cm³/mol. The Kier molecular flexibility index (Phi) is 4.95. The highest BCUT2D eigenvalue weighted by molar-refractivity contribution is 7.14. The summed E-state index contributed by atoms with van der Waals surface area (Å²) in [6.45, 7) is 0.717. The summed E-state index contributed by atoms with van der Waals surface area (Å²) in [6, 6.07) is 11.3. The van der Waals surface area contributed by atoms with Gasteiger partial charge >= 0.3 is 0 Å². The highest BCUT2D eigenvalue weighted by atomic mass is 32.1. The topological polar surface area (TPSA) is 71.3 Å². The van der Waals surface area contributed by atoms with E-state index in [2.05, 4.69) is 10.2 Å². The predicted octanol–water partition coefficient (Wildman–Crippen LogP) is 3.01. The van der Waals surface area contributed by atoms with Crippen LogP contribution in [-0.2, 0) is 0 Å². The second-order valence-corrected chi connectivity index (χ2v) is 8.09. The molecule has 0 bridgehead atoms. The van der Waals surface area contributed by atoms with Gasteiger partial charge in [0.25, 0.3) is 11.8 Å². The molecule has 3 heterocycles. The van der Waals surface area contributed by atoms with E-state index in [4.69, 9.17) is 0 Å². The van der Waals surface area contributed by atoms with Crippen molar-refractivity contribution in [3.63, 3.8) is 0 Å². The molecule has 1 atom stereocenters. The van der Waals surface area contributed by atoms with Crippen molar-refractivity contribution in [3.05, 3.63) is 64.4 Å². The van der Waals surface area contributed by atoms with Gasteiger partial charge in [0.05, 0.1) is 10.9 Å². The number of rotatable bonds is 4. The van der Waals surface area contributed by atoms with Crippen molar-refractivity contribution in [1.29, 1.82) is 0 Å². The third-order valence-electron chi connectivity index (χ3n) is 4.90. The van der Waals surface area contributed by atoms with Crippen molar-refractivity contribution in [3.8, 4) is 5.69 Å². The highest BCUT2D eigenvalue weighted by Gasteiger charge is 2.32. The summed E-state index contributed by atoms with van der Waals surface area (Å²) in [5.41, 5.74) is 1.49. The molecule has 8 heteroatoms. The van der Waals surface area contributed by atoms with Crippen molar-refractivity contribution in [2.75, 3.05) is 20.6 Å². The van der Waals surface area contributed by atoms with E-state index >= 15 is 0 Å². The maximum Gasteiger partial charge on any atom is 0.263 e. The lowest BCUT2D eigenvalue weighted by Crippen LogP contribution is -2.30. The third-order valence-corrected chi connectivity index (χ3v) is 6.07. The van der Waals surface area contributed by atoms with E-state index in [0.29, 0.717) is 10.4 Å². The van der Waals surface area contributed by atoms with Gasteiger partial charge in [0, 0.05) is 36.8 Å². The van der Waals surface area contributed by atoms with Crippen LogP contribution in [-0.4, -0.2) is 57.0 Å². The van der Waals surface area contributed by atoms with Crippen molar-refractivity contribution >= 4 is 23.2 Å². The minimum atomic E-state index is -0.00577. The Morgan fingerprint density at radius 1 is 1.14 bits per heavy atom. The molecule has 0 N–H and O–H groups in total. The Balaban J connectivity index is 1.58. The van der Waals surface area contributed by atoms with Gasteiger partial charge in [-0.3, -0.25) is 14.2 Å². The first-order chi connectivity index (χ1) is 13.5. The number of benzene rings is 1. The Bertz CT molecular complexity index is 996. The van der Waals surface area contributed by atoms with Gasteiger partial charge in [-0.1, -0.05) is 6.07 Å². The van der Waals surface area contributed by atoms with Crippen LogP contribution in [0, 0.1) is 0 Å². The van der Waals surface area contributed by atoms with Crippen LogP contribution in [0.3, 0.4) is 0 Å². The standard InChI is InChI=1S/C20H21N5O2S/c1-23(2)20(27)18-9-8-17(28-18)16-7-4-10-25(16)19(26)14-5-3-6-15(11-14)24-12-21-22-13-24/h3,5-6,8-9,11-13,16H,4,7,10H2,1-2H3/t16-/m1/s1. The van der Waals surface area contributed by atoms with Crippen LogP contribution >= 0.6 is 11.3 Å². The number of amides is 2. The molecule has 0 unspecified atom stereocenters. The van der Waals surface area contributed by atoms with Crippen molar-refractivity contribution in [1.82, 2.24) is 24.6 Å². The zero-order chi connectivity index (χ0) is 19.7. The Hall–Kier alpha value is -3.00. The van der Waals surface area contributed by atoms with Crippen LogP contribution < -0.4 is 0 Å². The van der Waals surface area contributed by atoms with E-state index in [-0.39, 0.29) is 17.9 Å². The molecular formula is C20H21N5O2S. The monoisotopic (exact) mass is 395 g/mol. The molecule has 4 rings (SSSR count). The second-order valence-electron chi connectivity index (χ2n) is 6.98. The Morgan fingerprint density at radius 3 is 2.68 bits per heavy atom. The first kappa shape index (κ1) is 18.4. The quantitative estimate of drug-likeness (QED) is 0.681. The first-order valence-electron chi connectivity index (χ1n) is 9.12. The van der Waals surface area contributed by atoms with Crippen molar-refractivity contribution in [2.24, 2.45) is 0 Å². The van der Waals surface area contributed by atoms with E-state index < -0.39 is 0 Å².